The molecule has 0 amide bonds. The van der Waals surface area contributed by atoms with Crippen LogP contribution in [-0.4, -0.2) is 46.1 Å². The van der Waals surface area contributed by atoms with Crippen LogP contribution in [0.2, 0.25) is 5.02 Å². The Morgan fingerprint density at radius 3 is 2.62 bits per heavy atom. The van der Waals surface area contributed by atoms with Gasteiger partial charge in [0.1, 0.15) is 4.83 Å². The van der Waals surface area contributed by atoms with Gasteiger partial charge in [-0.25, -0.2) is 9.55 Å². The van der Waals surface area contributed by atoms with Crippen molar-refractivity contribution in [2.75, 3.05) is 31.2 Å². The Balaban J connectivity index is 2.02. The second-order valence-electron chi connectivity index (χ2n) is 7.21. The molecule has 1 aliphatic rings. The maximum Gasteiger partial charge on any atom is 0.268 e. The minimum atomic E-state index is -0.118. The maximum absolute atomic E-state index is 13.8. The van der Waals surface area contributed by atoms with Crippen molar-refractivity contribution in [2.24, 2.45) is 0 Å². The molecule has 29 heavy (non-hydrogen) atoms. The van der Waals surface area contributed by atoms with Crippen molar-refractivity contribution in [3.8, 4) is 5.69 Å². The Kier molecular flexibility index (Phi) is 6.20. The summed E-state index contributed by atoms with van der Waals surface area (Å²) in [5.74, 6) is 0.421. The van der Waals surface area contributed by atoms with Crippen LogP contribution in [0.25, 0.3) is 15.9 Å². The largest absolute Gasteiger partial charge is 0.395 e. The molecule has 0 saturated carbocycles. The molecule has 2 heterocycles. The van der Waals surface area contributed by atoms with E-state index in [1.807, 2.05) is 6.07 Å². The van der Waals surface area contributed by atoms with Gasteiger partial charge in [-0.3, -0.25) is 4.79 Å². The standard InChI is InChI=1S/C21H24ClN3O3S/c22-14-5-4-6-15(13-14)25-20(28)18-16-7-2-1-3-8-17(16)29-19(18)23-21(25)24(9-11-26)10-12-27/h4-6,13,26-27H,1-3,7-12H2. The molecule has 6 nitrogen and oxygen atoms in total. The molecule has 2 N–H and O–H groups in total. The second kappa shape index (κ2) is 8.83. The van der Waals surface area contributed by atoms with E-state index in [4.69, 9.17) is 16.6 Å². The molecule has 4 rings (SSSR count). The fourth-order valence-corrected chi connectivity index (χ4v) is 5.42. The van der Waals surface area contributed by atoms with Crippen LogP contribution in [-0.2, 0) is 12.8 Å². The van der Waals surface area contributed by atoms with Crippen molar-refractivity contribution in [1.29, 1.82) is 0 Å². The number of aliphatic hydroxyl groups excluding tert-OH is 2. The molecule has 0 bridgehead atoms. The lowest BCUT2D eigenvalue weighted by molar-refractivity contribution is 0.279. The lowest BCUT2D eigenvalue weighted by Gasteiger charge is -2.25. The monoisotopic (exact) mass is 433 g/mol. The van der Waals surface area contributed by atoms with Gasteiger partial charge in [0.2, 0.25) is 5.95 Å². The first-order valence-corrected chi connectivity index (χ1v) is 11.1. The number of rotatable bonds is 6. The van der Waals surface area contributed by atoms with Crippen LogP contribution < -0.4 is 10.5 Å². The maximum atomic E-state index is 13.8. The van der Waals surface area contributed by atoms with E-state index in [1.54, 1.807) is 39.0 Å². The van der Waals surface area contributed by atoms with Gasteiger partial charge in [0.15, 0.2) is 0 Å². The van der Waals surface area contributed by atoms with E-state index in [2.05, 4.69) is 0 Å². The Hall–Kier alpha value is -1.93. The van der Waals surface area contributed by atoms with Gasteiger partial charge in [-0.1, -0.05) is 24.1 Å². The number of nitrogens with zero attached hydrogens (tertiary/aromatic N) is 3. The van der Waals surface area contributed by atoms with E-state index in [-0.39, 0.29) is 31.9 Å². The number of aliphatic hydroxyl groups is 2. The Morgan fingerprint density at radius 2 is 1.90 bits per heavy atom. The predicted molar refractivity (Wildman–Crippen MR) is 118 cm³/mol. The van der Waals surface area contributed by atoms with Crippen LogP contribution in [0.15, 0.2) is 29.1 Å². The van der Waals surface area contributed by atoms with E-state index in [0.717, 1.165) is 36.1 Å². The first kappa shape index (κ1) is 20.3. The van der Waals surface area contributed by atoms with Crippen molar-refractivity contribution >= 4 is 39.1 Å². The lowest BCUT2D eigenvalue weighted by atomic mass is 10.1. The number of halogens is 1. The van der Waals surface area contributed by atoms with Gasteiger partial charge in [-0.05, 0) is 49.4 Å². The Labute approximate surface area is 178 Å². The van der Waals surface area contributed by atoms with Gasteiger partial charge >= 0.3 is 0 Å². The highest BCUT2D eigenvalue weighted by Gasteiger charge is 2.24. The van der Waals surface area contributed by atoms with Crippen LogP contribution in [0.1, 0.15) is 29.7 Å². The number of fused-ring (bicyclic) bond motifs is 3. The van der Waals surface area contributed by atoms with Gasteiger partial charge < -0.3 is 15.1 Å². The second-order valence-corrected chi connectivity index (χ2v) is 8.73. The van der Waals surface area contributed by atoms with Crippen molar-refractivity contribution in [3.63, 3.8) is 0 Å². The van der Waals surface area contributed by atoms with Gasteiger partial charge in [0.25, 0.3) is 5.56 Å². The Morgan fingerprint density at radius 1 is 1.14 bits per heavy atom. The van der Waals surface area contributed by atoms with Crippen molar-refractivity contribution in [3.05, 3.63) is 50.1 Å². The van der Waals surface area contributed by atoms with Crippen molar-refractivity contribution < 1.29 is 10.2 Å². The van der Waals surface area contributed by atoms with E-state index in [0.29, 0.717) is 22.0 Å². The molecule has 1 aliphatic carbocycles. The molecule has 1 aromatic carbocycles. The zero-order valence-electron chi connectivity index (χ0n) is 16.1. The zero-order valence-corrected chi connectivity index (χ0v) is 17.7. The third kappa shape index (κ3) is 3.92. The fourth-order valence-electron chi connectivity index (χ4n) is 3.98. The average molecular weight is 434 g/mol. The van der Waals surface area contributed by atoms with Crippen LogP contribution in [0.5, 0.6) is 0 Å². The SMILES string of the molecule is O=c1c2c3c(sc2nc(N(CCO)CCO)n1-c1cccc(Cl)c1)CCCCC3. The molecule has 154 valence electrons. The summed E-state index contributed by atoms with van der Waals surface area (Å²) >= 11 is 7.81. The summed E-state index contributed by atoms with van der Waals surface area (Å²) in [6.07, 6.45) is 5.28. The van der Waals surface area contributed by atoms with E-state index in [9.17, 15) is 15.0 Å². The highest BCUT2D eigenvalue weighted by molar-refractivity contribution is 7.18. The summed E-state index contributed by atoms with van der Waals surface area (Å²) in [6.45, 7) is 0.323. The smallest absolute Gasteiger partial charge is 0.268 e. The first-order chi connectivity index (χ1) is 14.1. The van der Waals surface area contributed by atoms with Crippen LogP contribution in [0.4, 0.5) is 5.95 Å². The normalized spacial score (nSPS) is 14.0. The van der Waals surface area contributed by atoms with Gasteiger partial charge in [-0.15, -0.1) is 11.3 Å². The fraction of sp³-hybridized carbons (Fsp3) is 0.429. The van der Waals surface area contributed by atoms with Crippen molar-refractivity contribution in [1.82, 2.24) is 9.55 Å². The van der Waals surface area contributed by atoms with Crippen LogP contribution >= 0.6 is 22.9 Å². The number of aryl methyl sites for hydroxylation is 2. The van der Waals surface area contributed by atoms with Gasteiger partial charge in [-0.2, -0.15) is 0 Å². The molecular weight excluding hydrogens is 410 g/mol. The summed E-state index contributed by atoms with van der Waals surface area (Å²) in [4.78, 5) is 22.3. The molecule has 0 fully saturated rings. The summed E-state index contributed by atoms with van der Waals surface area (Å²) in [7, 11) is 0. The lowest BCUT2D eigenvalue weighted by Crippen LogP contribution is -2.36. The molecular formula is C21H24ClN3O3S. The number of anilines is 1. The molecule has 0 aliphatic heterocycles. The minimum Gasteiger partial charge on any atom is -0.395 e. The van der Waals surface area contributed by atoms with Crippen molar-refractivity contribution in [2.45, 2.75) is 32.1 Å². The number of aromatic nitrogens is 2. The molecule has 0 atom stereocenters. The first-order valence-electron chi connectivity index (χ1n) is 9.94. The number of hydrogen-bond donors (Lipinski definition) is 2. The molecule has 2 aromatic heterocycles. The van der Waals surface area contributed by atoms with Crippen LogP contribution in [0, 0.1) is 0 Å². The van der Waals surface area contributed by atoms with E-state index >= 15 is 0 Å². The molecule has 0 saturated heterocycles. The zero-order chi connectivity index (χ0) is 20.4. The van der Waals surface area contributed by atoms with Crippen LogP contribution in [0.3, 0.4) is 0 Å². The van der Waals surface area contributed by atoms with Gasteiger partial charge in [0, 0.05) is 23.0 Å². The predicted octanol–water partition coefficient (Wildman–Crippen LogP) is 3.16. The van der Waals surface area contributed by atoms with E-state index < -0.39 is 0 Å². The molecule has 0 unspecified atom stereocenters. The number of thiophene rings is 1. The highest BCUT2D eigenvalue weighted by atomic mass is 35.5. The Bertz CT molecular complexity index is 1070. The molecule has 3 aromatic rings. The van der Waals surface area contributed by atoms with E-state index in [1.165, 1.54) is 11.3 Å². The number of benzene rings is 1. The summed E-state index contributed by atoms with van der Waals surface area (Å²) in [6, 6.07) is 7.12. The summed E-state index contributed by atoms with van der Waals surface area (Å²) < 4.78 is 1.57. The third-order valence-electron chi connectivity index (χ3n) is 5.31. The highest BCUT2D eigenvalue weighted by Crippen LogP contribution is 2.34. The minimum absolute atomic E-state index is 0.107. The summed E-state index contributed by atoms with van der Waals surface area (Å²) in [5.41, 5.74) is 1.65. The topological polar surface area (TPSA) is 78.6 Å². The summed E-state index contributed by atoms with van der Waals surface area (Å²) in [5, 5.41) is 20.3. The van der Waals surface area contributed by atoms with Gasteiger partial charge in [0.05, 0.1) is 24.3 Å². The quantitative estimate of drug-likeness (QED) is 0.584. The molecule has 0 spiro atoms. The average Bonchev–Trinajstić information content (AvgIpc) is 2.89. The number of hydrogen-bond acceptors (Lipinski definition) is 6. The molecule has 8 heteroatoms. The molecule has 0 radical (unpaired) electrons. The third-order valence-corrected chi connectivity index (χ3v) is 6.73.